The van der Waals surface area contributed by atoms with Crippen LogP contribution in [0.4, 0.5) is 0 Å². The zero-order valence-corrected chi connectivity index (χ0v) is 9.78. The SMILES string of the molecule is NC(=O)c1cn2ccc(I)c(Cl)c2n1. The molecule has 0 aromatic carbocycles. The summed E-state index contributed by atoms with van der Waals surface area (Å²) < 4.78 is 2.56. The third-order valence-corrected chi connectivity index (χ3v) is 3.36. The molecule has 0 unspecified atom stereocenters. The number of amides is 1. The molecular weight excluding hydrogens is 316 g/mol. The fourth-order valence-corrected chi connectivity index (χ4v) is 1.72. The van der Waals surface area contributed by atoms with Crippen LogP contribution in [-0.2, 0) is 0 Å². The normalized spacial score (nSPS) is 10.7. The number of pyridine rings is 1. The Bertz CT molecular complexity index is 523. The van der Waals surface area contributed by atoms with Crippen molar-refractivity contribution in [2.45, 2.75) is 0 Å². The molecule has 0 spiro atoms. The van der Waals surface area contributed by atoms with Crippen molar-refractivity contribution in [2.24, 2.45) is 5.73 Å². The number of nitrogens with two attached hydrogens (primary N) is 1. The van der Waals surface area contributed by atoms with Crippen molar-refractivity contribution in [1.29, 1.82) is 0 Å². The molecule has 2 heterocycles. The van der Waals surface area contributed by atoms with E-state index in [0.29, 0.717) is 10.7 Å². The third kappa shape index (κ3) is 1.46. The van der Waals surface area contributed by atoms with Crippen LogP contribution in [-0.4, -0.2) is 15.3 Å². The summed E-state index contributed by atoms with van der Waals surface area (Å²) in [5.74, 6) is -0.556. The number of hydrogen-bond donors (Lipinski definition) is 1. The van der Waals surface area contributed by atoms with Crippen LogP contribution in [0.3, 0.4) is 0 Å². The summed E-state index contributed by atoms with van der Waals surface area (Å²) in [5, 5.41) is 0.528. The van der Waals surface area contributed by atoms with E-state index >= 15 is 0 Å². The number of nitrogens with zero attached hydrogens (tertiary/aromatic N) is 2. The van der Waals surface area contributed by atoms with E-state index in [-0.39, 0.29) is 5.69 Å². The van der Waals surface area contributed by atoms with Crippen molar-refractivity contribution in [3.63, 3.8) is 0 Å². The van der Waals surface area contributed by atoms with Gasteiger partial charge in [0.25, 0.3) is 5.91 Å². The van der Waals surface area contributed by atoms with E-state index in [1.165, 1.54) is 0 Å². The molecule has 0 radical (unpaired) electrons. The average Bonchev–Trinajstić information content (AvgIpc) is 2.56. The quantitative estimate of drug-likeness (QED) is 0.813. The zero-order valence-electron chi connectivity index (χ0n) is 6.87. The predicted molar refractivity (Wildman–Crippen MR) is 61.4 cm³/mol. The number of rotatable bonds is 1. The van der Waals surface area contributed by atoms with Crippen molar-refractivity contribution in [3.05, 3.63) is 32.7 Å². The topological polar surface area (TPSA) is 60.4 Å². The van der Waals surface area contributed by atoms with Gasteiger partial charge in [-0.15, -0.1) is 0 Å². The molecule has 0 bridgehead atoms. The van der Waals surface area contributed by atoms with Crippen LogP contribution in [0.15, 0.2) is 18.5 Å². The summed E-state index contributed by atoms with van der Waals surface area (Å²) in [6.07, 6.45) is 3.34. The average molecular weight is 322 g/mol. The first-order valence-electron chi connectivity index (χ1n) is 3.72. The standard InChI is InChI=1S/C8H5ClIN3O/c9-6-4(10)1-2-13-3-5(7(11)14)12-8(6)13/h1-3H,(H2,11,14). The Morgan fingerprint density at radius 2 is 2.36 bits per heavy atom. The highest BCUT2D eigenvalue weighted by Crippen LogP contribution is 2.22. The fourth-order valence-electron chi connectivity index (χ4n) is 1.11. The molecule has 14 heavy (non-hydrogen) atoms. The summed E-state index contributed by atoms with van der Waals surface area (Å²) in [7, 11) is 0. The van der Waals surface area contributed by atoms with Gasteiger partial charge < -0.3 is 10.1 Å². The van der Waals surface area contributed by atoms with Gasteiger partial charge >= 0.3 is 0 Å². The molecule has 2 N–H and O–H groups in total. The van der Waals surface area contributed by atoms with Crippen LogP contribution < -0.4 is 5.73 Å². The van der Waals surface area contributed by atoms with Crippen molar-refractivity contribution in [2.75, 3.05) is 0 Å². The molecule has 0 saturated carbocycles. The minimum Gasteiger partial charge on any atom is -0.364 e. The summed E-state index contributed by atoms with van der Waals surface area (Å²) >= 11 is 8.10. The van der Waals surface area contributed by atoms with Gasteiger partial charge in [0.05, 0.1) is 5.02 Å². The van der Waals surface area contributed by atoms with Gasteiger partial charge in [-0.1, -0.05) is 11.6 Å². The molecule has 2 aromatic rings. The lowest BCUT2D eigenvalue weighted by atomic mass is 10.5. The van der Waals surface area contributed by atoms with Crippen LogP contribution in [0.2, 0.25) is 5.02 Å². The van der Waals surface area contributed by atoms with E-state index in [9.17, 15) is 4.79 Å². The highest BCUT2D eigenvalue weighted by Gasteiger charge is 2.10. The maximum Gasteiger partial charge on any atom is 0.268 e. The van der Waals surface area contributed by atoms with Gasteiger partial charge in [0.15, 0.2) is 5.65 Å². The van der Waals surface area contributed by atoms with Gasteiger partial charge in [-0.2, -0.15) is 0 Å². The molecular formula is C8H5ClIN3O. The van der Waals surface area contributed by atoms with E-state index in [4.69, 9.17) is 17.3 Å². The largest absolute Gasteiger partial charge is 0.364 e. The molecule has 0 aliphatic heterocycles. The Labute approximate surface area is 98.2 Å². The molecule has 0 aliphatic rings. The highest BCUT2D eigenvalue weighted by atomic mass is 127. The lowest BCUT2D eigenvalue weighted by Gasteiger charge is -1.96. The molecule has 2 aromatic heterocycles. The highest BCUT2D eigenvalue weighted by molar-refractivity contribution is 14.1. The molecule has 1 amide bonds. The number of primary amides is 1. The molecule has 0 aliphatic carbocycles. The van der Waals surface area contributed by atoms with Crippen LogP contribution in [0.25, 0.3) is 5.65 Å². The summed E-state index contributed by atoms with van der Waals surface area (Å²) in [4.78, 5) is 14.9. The molecule has 2 rings (SSSR count). The monoisotopic (exact) mass is 321 g/mol. The Morgan fingerprint density at radius 3 is 3.00 bits per heavy atom. The van der Waals surface area contributed by atoms with Gasteiger partial charge in [-0.05, 0) is 28.7 Å². The Hall–Kier alpha value is -0.820. The van der Waals surface area contributed by atoms with Crippen molar-refractivity contribution in [3.8, 4) is 0 Å². The molecule has 4 nitrogen and oxygen atoms in total. The Morgan fingerprint density at radius 1 is 1.64 bits per heavy atom. The first kappa shape index (κ1) is 9.72. The molecule has 0 fully saturated rings. The van der Waals surface area contributed by atoms with Gasteiger partial charge in [0, 0.05) is 16.0 Å². The van der Waals surface area contributed by atoms with Crippen molar-refractivity contribution >= 4 is 45.7 Å². The number of imidazole rings is 1. The summed E-state index contributed by atoms with van der Waals surface area (Å²) in [5.41, 5.74) is 5.87. The maximum atomic E-state index is 10.9. The van der Waals surface area contributed by atoms with E-state index in [2.05, 4.69) is 27.6 Å². The second-order valence-corrected chi connectivity index (χ2v) is 4.24. The number of carbonyl (C=O) groups is 1. The number of hydrogen-bond acceptors (Lipinski definition) is 2. The third-order valence-electron chi connectivity index (χ3n) is 1.77. The second kappa shape index (κ2) is 3.39. The first-order valence-corrected chi connectivity index (χ1v) is 5.18. The van der Waals surface area contributed by atoms with Gasteiger partial charge in [-0.3, -0.25) is 4.79 Å². The number of fused-ring (bicyclic) bond motifs is 1. The van der Waals surface area contributed by atoms with Crippen LogP contribution in [0.5, 0.6) is 0 Å². The number of aromatic nitrogens is 2. The lowest BCUT2D eigenvalue weighted by molar-refractivity contribution is 0.0996. The fraction of sp³-hybridized carbons (Fsp3) is 0. The van der Waals surface area contributed by atoms with Crippen LogP contribution in [0.1, 0.15) is 10.5 Å². The van der Waals surface area contributed by atoms with Crippen LogP contribution >= 0.6 is 34.2 Å². The van der Waals surface area contributed by atoms with Crippen molar-refractivity contribution in [1.82, 2.24) is 9.38 Å². The summed E-state index contributed by atoms with van der Waals surface area (Å²) in [6, 6.07) is 1.84. The smallest absolute Gasteiger partial charge is 0.268 e. The Kier molecular flexibility index (Phi) is 2.36. The van der Waals surface area contributed by atoms with E-state index in [1.54, 1.807) is 16.8 Å². The van der Waals surface area contributed by atoms with Gasteiger partial charge in [0.1, 0.15) is 5.69 Å². The van der Waals surface area contributed by atoms with Gasteiger partial charge in [0.2, 0.25) is 0 Å². The molecule has 6 heteroatoms. The first-order chi connectivity index (χ1) is 6.59. The molecule has 0 atom stereocenters. The summed E-state index contributed by atoms with van der Waals surface area (Å²) in [6.45, 7) is 0. The second-order valence-electron chi connectivity index (χ2n) is 2.70. The van der Waals surface area contributed by atoms with E-state index in [0.717, 1.165) is 3.57 Å². The van der Waals surface area contributed by atoms with E-state index < -0.39 is 5.91 Å². The minimum absolute atomic E-state index is 0.217. The van der Waals surface area contributed by atoms with E-state index in [1.807, 2.05) is 6.07 Å². The zero-order chi connectivity index (χ0) is 10.3. The van der Waals surface area contributed by atoms with Crippen LogP contribution in [0, 0.1) is 3.57 Å². The Balaban J connectivity index is 2.77. The number of carbonyl (C=O) groups excluding carboxylic acids is 1. The minimum atomic E-state index is -0.556. The predicted octanol–water partition coefficient (Wildman–Crippen LogP) is 1.69. The lowest BCUT2D eigenvalue weighted by Crippen LogP contribution is -2.10. The van der Waals surface area contributed by atoms with Crippen molar-refractivity contribution < 1.29 is 4.79 Å². The maximum absolute atomic E-state index is 10.9. The van der Waals surface area contributed by atoms with Gasteiger partial charge in [-0.25, -0.2) is 4.98 Å². The molecule has 0 saturated heterocycles. The number of halogens is 2. The molecule has 72 valence electrons.